The number of carbonyl (C=O) groups excluding carboxylic acids is 2. The highest BCUT2D eigenvalue weighted by atomic mass is 16.5. The number of aliphatic carboxylic acids is 1. The third-order valence-corrected chi connectivity index (χ3v) is 7.17. The fourth-order valence-corrected chi connectivity index (χ4v) is 4.75. The molecule has 6 nitrogen and oxygen atoms in total. The standard InChI is InChI=1S/C33H61NO5/c1-3-5-7-9-11-12-13-15-20-24-28-33(38)39-30(25-21-17-14-10-8-6-4-2)26-22-18-16-19-23-27-31(35)34-29-32(36)37/h7,9,30H,3-6,8,10-29H2,1-2H3,(H,34,35)(H,36,37)/b9-7-. The topological polar surface area (TPSA) is 92.7 Å². The van der Waals surface area contributed by atoms with E-state index in [2.05, 4.69) is 31.3 Å². The summed E-state index contributed by atoms with van der Waals surface area (Å²) in [5.41, 5.74) is 0. The zero-order chi connectivity index (χ0) is 28.8. The maximum Gasteiger partial charge on any atom is 0.322 e. The second-order valence-corrected chi connectivity index (χ2v) is 11.1. The third kappa shape index (κ3) is 29.0. The summed E-state index contributed by atoms with van der Waals surface area (Å²) in [4.78, 5) is 34.6. The van der Waals surface area contributed by atoms with Crippen LogP contribution in [0.2, 0.25) is 0 Å². The first kappa shape index (κ1) is 37.1. The average Bonchev–Trinajstić information content (AvgIpc) is 2.91. The largest absolute Gasteiger partial charge is 0.480 e. The van der Waals surface area contributed by atoms with Crippen molar-refractivity contribution in [2.75, 3.05) is 6.54 Å². The van der Waals surface area contributed by atoms with Crippen LogP contribution in [-0.2, 0) is 19.1 Å². The molecular weight excluding hydrogens is 490 g/mol. The predicted molar refractivity (Wildman–Crippen MR) is 162 cm³/mol. The van der Waals surface area contributed by atoms with Crippen molar-refractivity contribution in [2.24, 2.45) is 0 Å². The number of carbonyl (C=O) groups is 3. The summed E-state index contributed by atoms with van der Waals surface area (Å²) >= 11 is 0. The van der Waals surface area contributed by atoms with E-state index in [1.54, 1.807) is 0 Å². The molecule has 6 heteroatoms. The molecule has 2 N–H and O–H groups in total. The second kappa shape index (κ2) is 29.1. The molecule has 0 rings (SSSR count). The number of carboxylic acids is 1. The summed E-state index contributed by atoms with van der Waals surface area (Å²) in [6, 6.07) is 0. The van der Waals surface area contributed by atoms with Crippen molar-refractivity contribution < 1.29 is 24.2 Å². The van der Waals surface area contributed by atoms with E-state index in [1.165, 1.54) is 77.0 Å². The van der Waals surface area contributed by atoms with Gasteiger partial charge in [-0.1, -0.05) is 109 Å². The number of ether oxygens (including phenoxy) is 1. The second-order valence-electron chi connectivity index (χ2n) is 11.1. The van der Waals surface area contributed by atoms with Crippen molar-refractivity contribution in [1.29, 1.82) is 0 Å². The maximum absolute atomic E-state index is 12.5. The number of esters is 1. The first-order valence-corrected chi connectivity index (χ1v) is 16.3. The Morgan fingerprint density at radius 1 is 0.641 bits per heavy atom. The van der Waals surface area contributed by atoms with Crippen LogP contribution in [0.25, 0.3) is 0 Å². The molecule has 0 aliphatic rings. The molecule has 0 aromatic heterocycles. The van der Waals surface area contributed by atoms with Crippen LogP contribution in [0.5, 0.6) is 0 Å². The van der Waals surface area contributed by atoms with E-state index in [0.717, 1.165) is 64.2 Å². The molecule has 0 heterocycles. The van der Waals surface area contributed by atoms with Crippen molar-refractivity contribution in [3.05, 3.63) is 12.2 Å². The molecule has 228 valence electrons. The Balaban J connectivity index is 4.12. The van der Waals surface area contributed by atoms with Gasteiger partial charge in [-0.3, -0.25) is 14.4 Å². The van der Waals surface area contributed by atoms with Gasteiger partial charge in [-0.25, -0.2) is 0 Å². The number of unbranched alkanes of at least 4 members (excludes halogenated alkanes) is 16. The normalized spacial score (nSPS) is 12.1. The summed E-state index contributed by atoms with van der Waals surface area (Å²) in [5, 5.41) is 11.0. The summed E-state index contributed by atoms with van der Waals surface area (Å²) in [6.07, 6.45) is 30.4. The van der Waals surface area contributed by atoms with E-state index in [1.807, 2.05) is 0 Å². The number of rotatable bonds is 29. The van der Waals surface area contributed by atoms with Crippen LogP contribution < -0.4 is 5.32 Å². The first-order chi connectivity index (χ1) is 19.0. The van der Waals surface area contributed by atoms with Crippen LogP contribution in [0.1, 0.15) is 168 Å². The molecule has 0 aliphatic heterocycles. The first-order valence-electron chi connectivity index (χ1n) is 16.3. The minimum atomic E-state index is -1.02. The minimum Gasteiger partial charge on any atom is -0.480 e. The van der Waals surface area contributed by atoms with Crippen LogP contribution in [0, 0.1) is 0 Å². The van der Waals surface area contributed by atoms with Gasteiger partial charge in [0.05, 0.1) is 0 Å². The van der Waals surface area contributed by atoms with Gasteiger partial charge in [0, 0.05) is 12.8 Å². The fraction of sp³-hybridized carbons (Fsp3) is 0.848. The van der Waals surface area contributed by atoms with Gasteiger partial charge in [0.25, 0.3) is 0 Å². The molecule has 1 atom stereocenters. The number of carboxylic acid groups (broad SMARTS) is 1. The Hall–Kier alpha value is -1.85. The smallest absolute Gasteiger partial charge is 0.322 e. The molecule has 0 spiro atoms. The van der Waals surface area contributed by atoms with Gasteiger partial charge < -0.3 is 15.2 Å². The lowest BCUT2D eigenvalue weighted by Crippen LogP contribution is -2.28. The quantitative estimate of drug-likeness (QED) is 0.0549. The summed E-state index contributed by atoms with van der Waals surface area (Å²) in [5.74, 6) is -1.24. The lowest BCUT2D eigenvalue weighted by atomic mass is 10.0. The molecule has 0 saturated heterocycles. The third-order valence-electron chi connectivity index (χ3n) is 7.17. The number of amides is 1. The molecule has 0 fully saturated rings. The van der Waals surface area contributed by atoms with Gasteiger partial charge in [-0.15, -0.1) is 0 Å². The van der Waals surface area contributed by atoms with E-state index in [9.17, 15) is 14.4 Å². The lowest BCUT2D eigenvalue weighted by molar-refractivity contribution is -0.150. The van der Waals surface area contributed by atoms with Gasteiger partial charge in [-0.05, 0) is 57.8 Å². The minimum absolute atomic E-state index is 0.0298. The van der Waals surface area contributed by atoms with Crippen molar-refractivity contribution in [1.82, 2.24) is 5.32 Å². The average molecular weight is 552 g/mol. The van der Waals surface area contributed by atoms with E-state index in [0.29, 0.717) is 12.8 Å². The Morgan fingerprint density at radius 3 is 1.74 bits per heavy atom. The molecular formula is C33H61NO5. The monoisotopic (exact) mass is 551 g/mol. The highest BCUT2D eigenvalue weighted by Gasteiger charge is 2.14. The molecule has 0 aromatic rings. The van der Waals surface area contributed by atoms with Gasteiger partial charge in [-0.2, -0.15) is 0 Å². The van der Waals surface area contributed by atoms with Crippen LogP contribution >= 0.6 is 0 Å². The molecule has 39 heavy (non-hydrogen) atoms. The van der Waals surface area contributed by atoms with Crippen molar-refractivity contribution in [2.45, 2.75) is 174 Å². The number of nitrogens with one attached hydrogen (secondary N) is 1. The fourth-order valence-electron chi connectivity index (χ4n) is 4.75. The van der Waals surface area contributed by atoms with Gasteiger partial charge >= 0.3 is 11.9 Å². The van der Waals surface area contributed by atoms with Crippen molar-refractivity contribution in [3.8, 4) is 0 Å². The lowest BCUT2D eigenvalue weighted by Gasteiger charge is -2.18. The Kier molecular flexibility index (Phi) is 27.8. The zero-order valence-corrected chi connectivity index (χ0v) is 25.5. The maximum atomic E-state index is 12.5. The van der Waals surface area contributed by atoms with Gasteiger partial charge in [0.2, 0.25) is 5.91 Å². The van der Waals surface area contributed by atoms with Gasteiger partial charge in [0.15, 0.2) is 0 Å². The van der Waals surface area contributed by atoms with Gasteiger partial charge in [0.1, 0.15) is 12.6 Å². The Morgan fingerprint density at radius 2 is 1.15 bits per heavy atom. The molecule has 1 unspecified atom stereocenters. The molecule has 0 radical (unpaired) electrons. The molecule has 0 bridgehead atoms. The highest BCUT2D eigenvalue weighted by Crippen LogP contribution is 2.18. The van der Waals surface area contributed by atoms with Crippen LogP contribution in [0.3, 0.4) is 0 Å². The highest BCUT2D eigenvalue weighted by molar-refractivity contribution is 5.80. The number of hydrogen-bond donors (Lipinski definition) is 2. The molecule has 1 amide bonds. The Bertz CT molecular complexity index is 619. The Labute approximate surface area is 240 Å². The van der Waals surface area contributed by atoms with Crippen molar-refractivity contribution >= 4 is 17.8 Å². The van der Waals surface area contributed by atoms with Crippen LogP contribution in [0.15, 0.2) is 12.2 Å². The van der Waals surface area contributed by atoms with E-state index in [-0.39, 0.29) is 24.5 Å². The van der Waals surface area contributed by atoms with Crippen molar-refractivity contribution in [3.63, 3.8) is 0 Å². The zero-order valence-electron chi connectivity index (χ0n) is 25.5. The molecule has 0 saturated carbocycles. The predicted octanol–water partition coefficient (Wildman–Crippen LogP) is 9.06. The number of hydrogen-bond acceptors (Lipinski definition) is 4. The van der Waals surface area contributed by atoms with E-state index in [4.69, 9.17) is 9.84 Å². The molecule has 0 aliphatic carbocycles. The van der Waals surface area contributed by atoms with Crippen LogP contribution in [0.4, 0.5) is 0 Å². The van der Waals surface area contributed by atoms with E-state index < -0.39 is 5.97 Å². The molecule has 0 aromatic carbocycles. The summed E-state index contributed by atoms with van der Waals surface area (Å²) in [6.45, 7) is 4.13. The van der Waals surface area contributed by atoms with E-state index >= 15 is 0 Å². The summed E-state index contributed by atoms with van der Waals surface area (Å²) in [7, 11) is 0. The SMILES string of the molecule is CCC/C=C\CCCCCCCC(=O)OC(CCCCCCCCC)CCCCCCCC(=O)NCC(=O)O. The summed E-state index contributed by atoms with van der Waals surface area (Å²) < 4.78 is 5.93. The number of allylic oxidation sites excluding steroid dienone is 2. The van der Waals surface area contributed by atoms with Crippen LogP contribution in [-0.4, -0.2) is 35.6 Å².